The lowest BCUT2D eigenvalue weighted by atomic mass is 10.1. The summed E-state index contributed by atoms with van der Waals surface area (Å²) < 4.78 is 173. The Morgan fingerprint density at radius 1 is 0.443 bits per heavy atom. The van der Waals surface area contributed by atoms with E-state index in [-0.39, 0.29) is 42.3 Å². The zero-order valence-corrected chi connectivity index (χ0v) is 43.3. The van der Waals surface area contributed by atoms with E-state index in [4.69, 9.17) is 18.9 Å². The molecule has 79 heavy (non-hydrogen) atoms. The molecule has 24 heteroatoms. The van der Waals surface area contributed by atoms with Gasteiger partial charge in [0.1, 0.15) is 42.8 Å². The van der Waals surface area contributed by atoms with Crippen molar-refractivity contribution in [3.8, 4) is 23.0 Å². The third-order valence-electron chi connectivity index (χ3n) is 10.7. The molecule has 0 saturated heterocycles. The van der Waals surface area contributed by atoms with E-state index in [1.54, 1.807) is 55.6 Å². The Kier molecular flexibility index (Phi) is 23.9. The molecule has 0 heterocycles. The minimum atomic E-state index is -4.82. The van der Waals surface area contributed by atoms with Crippen LogP contribution < -0.4 is 34.9 Å². The maximum absolute atomic E-state index is 13.2. The smallest absolute Gasteiger partial charge is 0.418 e. The van der Waals surface area contributed by atoms with Gasteiger partial charge >= 0.3 is 44.3 Å². The summed E-state index contributed by atoms with van der Waals surface area (Å²) in [6.07, 6.45) is -12.2. The number of hydrogen-bond acceptors (Lipinski definition) is 10. The quantitative estimate of drug-likeness (QED) is 0.0560. The molecule has 6 rings (SSSR count). The number of hydrogen-bond donors (Lipinski definition) is 3. The van der Waals surface area contributed by atoms with Gasteiger partial charge in [0.05, 0.1) is 29.2 Å². The van der Waals surface area contributed by atoms with Gasteiger partial charge in [-0.25, -0.2) is 23.2 Å². The van der Waals surface area contributed by atoms with Crippen LogP contribution >= 0.6 is 0 Å². The van der Waals surface area contributed by atoms with Crippen molar-refractivity contribution < 1.29 is 95.8 Å². The maximum atomic E-state index is 13.2. The van der Waals surface area contributed by atoms with E-state index in [2.05, 4.69) is 19.5 Å². The molecular formula is C55H54F11N3O10. The van der Waals surface area contributed by atoms with Crippen LogP contribution in [0, 0.1) is 41.5 Å². The lowest BCUT2D eigenvalue weighted by molar-refractivity contribution is -0.137. The molecule has 0 aliphatic heterocycles. The zero-order valence-electron chi connectivity index (χ0n) is 43.3. The number of aryl methyl sites for hydroxylation is 6. The van der Waals surface area contributed by atoms with Gasteiger partial charge in [0.15, 0.2) is 0 Å². The first-order valence-corrected chi connectivity index (χ1v) is 23.5. The average Bonchev–Trinajstić information content (AvgIpc) is 3.34. The van der Waals surface area contributed by atoms with Crippen molar-refractivity contribution in [2.45, 2.75) is 101 Å². The highest BCUT2D eigenvalue weighted by Gasteiger charge is 2.35. The van der Waals surface area contributed by atoms with E-state index in [1.807, 2.05) is 76.3 Å². The second-order valence-electron chi connectivity index (χ2n) is 16.8. The standard InChI is InChI=1S/C19H21F2NO4.C18H16F5NO3.C18H17F4NO3/c1-4-24-16-7-5-6-14(17(16)22-19(23)26-18(20)21)11-25-15-9-8-12(2)10-13(15)3;1-10-6-7-14(11(2)8-10)26-9-12-4-3-5-13(18(21,22)23)15(12)24-17(25)27-16(19)20;1-10-6-7-14(11(2)8-10)25-9-12-4-3-5-13(16(19)20)15(12)23-18(24)26-17(21)22/h5-10,18H,4,11H2,1-3H3,(H,22,23);3-8,16H,9H2,1-2H3,(H,24,25);3-8,16-17H,9H2,1-2H3,(H,23,24). The molecule has 3 amide bonds. The second kappa shape index (κ2) is 29.9. The predicted molar refractivity (Wildman–Crippen MR) is 270 cm³/mol. The summed E-state index contributed by atoms with van der Waals surface area (Å²) in [4.78, 5) is 34.4. The first-order chi connectivity index (χ1) is 37.2. The number of amides is 3. The molecule has 0 radical (unpaired) electrons. The van der Waals surface area contributed by atoms with E-state index >= 15 is 0 Å². The zero-order chi connectivity index (χ0) is 58.6. The third-order valence-corrected chi connectivity index (χ3v) is 10.7. The van der Waals surface area contributed by atoms with E-state index in [1.165, 1.54) is 18.2 Å². The van der Waals surface area contributed by atoms with Crippen LogP contribution in [-0.4, -0.2) is 44.7 Å². The first kappa shape index (κ1) is 63.1. The second-order valence-corrected chi connectivity index (χ2v) is 16.8. The summed E-state index contributed by atoms with van der Waals surface area (Å²) in [5, 5.41) is 6.00. The lowest BCUT2D eigenvalue weighted by Crippen LogP contribution is -2.21. The summed E-state index contributed by atoms with van der Waals surface area (Å²) in [7, 11) is 0. The molecule has 13 nitrogen and oxygen atoms in total. The highest BCUT2D eigenvalue weighted by Crippen LogP contribution is 2.38. The summed E-state index contributed by atoms with van der Waals surface area (Å²) in [5.41, 5.74) is 3.98. The molecule has 0 aliphatic carbocycles. The number of anilines is 3. The van der Waals surface area contributed by atoms with Crippen LogP contribution in [0.5, 0.6) is 23.0 Å². The Balaban J connectivity index is 0.000000255. The average molecular weight is 1130 g/mol. The van der Waals surface area contributed by atoms with Crippen LogP contribution in [-0.2, 0) is 40.2 Å². The molecule has 0 atom stereocenters. The number of nitrogens with one attached hydrogen (secondary N) is 3. The van der Waals surface area contributed by atoms with Crippen LogP contribution in [0.4, 0.5) is 79.7 Å². The molecule has 0 aromatic heterocycles. The molecular weight excluding hydrogens is 1070 g/mol. The summed E-state index contributed by atoms with van der Waals surface area (Å²) in [6.45, 7) is 3.06. The van der Waals surface area contributed by atoms with Crippen LogP contribution in [0.25, 0.3) is 0 Å². The molecule has 3 N–H and O–H groups in total. The summed E-state index contributed by atoms with van der Waals surface area (Å²) in [6, 6.07) is 28.6. The first-order valence-electron chi connectivity index (χ1n) is 23.5. The number of carbonyl (C=O) groups excluding carboxylic acids is 3. The maximum Gasteiger partial charge on any atom is 0.418 e. The van der Waals surface area contributed by atoms with Crippen molar-refractivity contribution in [1.82, 2.24) is 0 Å². The van der Waals surface area contributed by atoms with Gasteiger partial charge in [0.2, 0.25) is 0 Å². The Labute approximate surface area is 446 Å². The number of rotatable bonds is 18. The number of alkyl halides is 11. The normalized spacial score (nSPS) is 11.0. The van der Waals surface area contributed by atoms with Crippen molar-refractivity contribution in [1.29, 1.82) is 0 Å². The number of benzene rings is 6. The fourth-order valence-corrected chi connectivity index (χ4v) is 7.28. The Bertz CT molecular complexity index is 3000. The fourth-order valence-electron chi connectivity index (χ4n) is 7.28. The van der Waals surface area contributed by atoms with Gasteiger partial charge in [-0.1, -0.05) is 95.6 Å². The molecule has 0 unspecified atom stereocenters. The Morgan fingerprint density at radius 2 is 0.797 bits per heavy atom. The Morgan fingerprint density at radius 3 is 1.16 bits per heavy atom. The molecule has 426 valence electrons. The molecule has 0 saturated carbocycles. The largest absolute Gasteiger partial charge is 0.492 e. The topological polar surface area (TPSA) is 152 Å². The third kappa shape index (κ3) is 20.5. The number of carbonyl (C=O) groups is 3. The van der Waals surface area contributed by atoms with Gasteiger partial charge < -0.3 is 33.2 Å². The molecule has 6 aromatic rings. The van der Waals surface area contributed by atoms with Gasteiger partial charge in [-0.15, -0.1) is 0 Å². The highest BCUT2D eigenvalue weighted by molar-refractivity contribution is 5.89. The summed E-state index contributed by atoms with van der Waals surface area (Å²) in [5.74, 6) is 2.03. The van der Waals surface area contributed by atoms with Crippen molar-refractivity contribution in [3.05, 3.63) is 170 Å². The van der Waals surface area contributed by atoms with Crippen LogP contribution in [0.3, 0.4) is 0 Å². The minimum Gasteiger partial charge on any atom is -0.492 e. The van der Waals surface area contributed by atoms with Gasteiger partial charge in [-0.3, -0.25) is 16.0 Å². The molecule has 6 aromatic carbocycles. The lowest BCUT2D eigenvalue weighted by Gasteiger charge is -2.18. The minimum absolute atomic E-state index is 0.0454. The molecule has 0 fully saturated rings. The predicted octanol–water partition coefficient (Wildman–Crippen LogP) is 16.3. The SMILES string of the molecule is CCOc1cccc(COc2ccc(C)cc2C)c1NC(=O)OC(F)F.Cc1ccc(OCc2cccc(C(F)(F)F)c2NC(=O)OC(F)F)c(C)c1.Cc1ccc(OCc2cccc(C(F)F)c2NC(=O)OC(F)F)c(C)c1. The number of ether oxygens (including phenoxy) is 7. The fraction of sp³-hybridized carbons (Fsp3) is 0.291. The monoisotopic (exact) mass is 1130 g/mol. The molecule has 0 aliphatic rings. The van der Waals surface area contributed by atoms with Gasteiger partial charge in [0.25, 0.3) is 6.43 Å². The Hall–Kier alpha value is -8.44. The molecule has 0 bridgehead atoms. The number of para-hydroxylation sites is 3. The van der Waals surface area contributed by atoms with E-state index in [0.717, 1.165) is 51.6 Å². The van der Waals surface area contributed by atoms with Gasteiger partial charge in [-0.05, 0) is 95.5 Å². The van der Waals surface area contributed by atoms with E-state index in [9.17, 15) is 62.7 Å². The van der Waals surface area contributed by atoms with Crippen LogP contribution in [0.2, 0.25) is 0 Å². The van der Waals surface area contributed by atoms with E-state index in [0.29, 0.717) is 35.2 Å². The van der Waals surface area contributed by atoms with Crippen molar-refractivity contribution in [2.24, 2.45) is 0 Å². The number of halogens is 11. The summed E-state index contributed by atoms with van der Waals surface area (Å²) >= 11 is 0. The van der Waals surface area contributed by atoms with Crippen molar-refractivity contribution in [3.63, 3.8) is 0 Å². The van der Waals surface area contributed by atoms with Gasteiger partial charge in [0, 0.05) is 22.3 Å². The van der Waals surface area contributed by atoms with Crippen LogP contribution in [0.15, 0.2) is 109 Å². The van der Waals surface area contributed by atoms with Crippen molar-refractivity contribution >= 4 is 35.3 Å². The highest BCUT2D eigenvalue weighted by atomic mass is 19.4. The molecule has 0 spiro atoms. The van der Waals surface area contributed by atoms with E-state index < -0.39 is 67.5 Å². The van der Waals surface area contributed by atoms with Crippen molar-refractivity contribution in [2.75, 3.05) is 22.6 Å². The van der Waals surface area contributed by atoms with Gasteiger partial charge in [-0.2, -0.15) is 39.5 Å². The van der Waals surface area contributed by atoms with Crippen LogP contribution in [0.1, 0.15) is 74.5 Å².